The normalized spacial score (nSPS) is 24.3. The average Bonchev–Trinajstić information content (AvgIpc) is 3.04. The molecule has 0 bridgehead atoms. The summed E-state index contributed by atoms with van der Waals surface area (Å²) in [7, 11) is 4.08. The van der Waals surface area contributed by atoms with Crippen LogP contribution in [0.5, 0.6) is 0 Å². The number of nitrogens with zero attached hydrogens (tertiary/aromatic N) is 2. The topological polar surface area (TPSA) is 44.8 Å². The first-order valence-corrected chi connectivity index (χ1v) is 11.9. The van der Waals surface area contributed by atoms with Crippen LogP contribution in [0.2, 0.25) is 0 Å². The Hall–Kier alpha value is -1.43. The Bertz CT molecular complexity index is 706. The molecule has 5 nitrogen and oxygen atoms in total. The fraction of sp³-hybridized carbons (Fsp3) is 0.720. The molecule has 0 saturated carbocycles. The zero-order valence-electron chi connectivity index (χ0n) is 18.9. The molecule has 1 N–H and O–H groups in total. The van der Waals surface area contributed by atoms with Crippen LogP contribution in [0.15, 0.2) is 24.3 Å². The minimum Gasteiger partial charge on any atom is -0.381 e. The molecule has 1 aliphatic carbocycles. The maximum Gasteiger partial charge on any atom is 0.220 e. The molecule has 1 atom stereocenters. The number of likely N-dealkylation sites (tertiary alicyclic amines) is 1. The predicted octanol–water partition coefficient (Wildman–Crippen LogP) is 3.00. The highest BCUT2D eigenvalue weighted by molar-refractivity contribution is 5.77. The number of carbonyl (C=O) groups excluding carboxylic acids is 1. The number of ether oxygens (including phenoxy) is 1. The summed E-state index contributed by atoms with van der Waals surface area (Å²) in [6.45, 7) is 7.11. The summed E-state index contributed by atoms with van der Waals surface area (Å²) in [6.07, 6.45) is 6.65. The lowest BCUT2D eigenvalue weighted by atomic mass is 9.73. The van der Waals surface area contributed by atoms with Crippen LogP contribution in [-0.2, 0) is 14.9 Å². The monoisotopic (exact) mass is 413 g/mol. The summed E-state index contributed by atoms with van der Waals surface area (Å²) < 4.78 is 5.53. The molecule has 1 aromatic carbocycles. The maximum atomic E-state index is 12.6. The number of hydrogen-bond donors (Lipinski definition) is 1. The molecule has 2 saturated heterocycles. The molecule has 0 aromatic heterocycles. The molecule has 2 heterocycles. The zero-order chi connectivity index (χ0) is 21.0. The Balaban J connectivity index is 1.36. The first-order chi connectivity index (χ1) is 14.6. The molecule has 1 aromatic rings. The number of rotatable bonds is 7. The van der Waals surface area contributed by atoms with Crippen LogP contribution in [0.1, 0.15) is 55.6 Å². The second-order valence-electron chi connectivity index (χ2n) is 9.98. The van der Waals surface area contributed by atoms with Gasteiger partial charge in [0.25, 0.3) is 0 Å². The van der Waals surface area contributed by atoms with Gasteiger partial charge in [0.05, 0.1) is 0 Å². The number of carbonyl (C=O) groups is 1. The van der Waals surface area contributed by atoms with Crippen molar-refractivity contribution in [1.29, 1.82) is 0 Å². The van der Waals surface area contributed by atoms with Crippen LogP contribution in [0.3, 0.4) is 0 Å². The third kappa shape index (κ3) is 5.06. The second-order valence-corrected chi connectivity index (χ2v) is 9.98. The van der Waals surface area contributed by atoms with E-state index in [0.717, 1.165) is 38.6 Å². The van der Waals surface area contributed by atoms with E-state index in [1.807, 2.05) is 14.1 Å². The third-order valence-corrected chi connectivity index (χ3v) is 7.59. The van der Waals surface area contributed by atoms with Gasteiger partial charge in [0.2, 0.25) is 5.91 Å². The summed E-state index contributed by atoms with van der Waals surface area (Å²) in [4.78, 5) is 17.4. The maximum absolute atomic E-state index is 12.6. The second kappa shape index (κ2) is 9.80. The van der Waals surface area contributed by atoms with E-state index in [0.29, 0.717) is 12.3 Å². The minimum atomic E-state index is 0.200. The van der Waals surface area contributed by atoms with Crippen LogP contribution in [0.25, 0.3) is 0 Å². The Morgan fingerprint density at radius 2 is 1.93 bits per heavy atom. The Labute approximate surface area is 182 Å². The fourth-order valence-electron chi connectivity index (χ4n) is 5.86. The van der Waals surface area contributed by atoms with Gasteiger partial charge >= 0.3 is 0 Å². The molecule has 3 aliphatic rings. The molecule has 4 rings (SSSR count). The lowest BCUT2D eigenvalue weighted by molar-refractivity contribution is -0.121. The van der Waals surface area contributed by atoms with Crippen molar-refractivity contribution >= 4 is 5.91 Å². The van der Waals surface area contributed by atoms with E-state index in [1.54, 1.807) is 0 Å². The minimum absolute atomic E-state index is 0.200. The molecule has 166 valence electrons. The summed E-state index contributed by atoms with van der Waals surface area (Å²) in [5, 5.41) is 3.12. The summed E-state index contributed by atoms with van der Waals surface area (Å²) in [6, 6.07) is 8.95. The summed E-state index contributed by atoms with van der Waals surface area (Å²) in [5.74, 6) is 1.37. The van der Waals surface area contributed by atoms with E-state index in [1.165, 1.54) is 56.4 Å². The molecule has 0 unspecified atom stereocenters. The predicted molar refractivity (Wildman–Crippen MR) is 121 cm³/mol. The van der Waals surface area contributed by atoms with E-state index >= 15 is 0 Å². The molecular weight excluding hydrogens is 374 g/mol. The quantitative estimate of drug-likeness (QED) is 0.746. The third-order valence-electron chi connectivity index (χ3n) is 7.59. The van der Waals surface area contributed by atoms with Crippen LogP contribution < -0.4 is 5.32 Å². The first-order valence-electron chi connectivity index (χ1n) is 11.9. The van der Waals surface area contributed by atoms with Crippen molar-refractivity contribution in [3.05, 3.63) is 35.4 Å². The van der Waals surface area contributed by atoms with Gasteiger partial charge in [-0.05, 0) is 87.7 Å². The SMILES string of the molecule is CN(C)CCNC(=O)C[C@@H]1CC2(CCN(CC3CCOCC3)CC2)c2ccccc21. The molecule has 1 spiro atoms. The molecule has 2 fully saturated rings. The van der Waals surface area contributed by atoms with E-state index < -0.39 is 0 Å². The van der Waals surface area contributed by atoms with Gasteiger partial charge in [0.1, 0.15) is 0 Å². The summed E-state index contributed by atoms with van der Waals surface area (Å²) >= 11 is 0. The van der Waals surface area contributed by atoms with E-state index in [4.69, 9.17) is 4.74 Å². The number of fused-ring (bicyclic) bond motifs is 2. The molecule has 2 aliphatic heterocycles. The van der Waals surface area contributed by atoms with Crippen LogP contribution in [0, 0.1) is 5.92 Å². The van der Waals surface area contributed by atoms with Crippen LogP contribution >= 0.6 is 0 Å². The van der Waals surface area contributed by atoms with Gasteiger partial charge in [-0.25, -0.2) is 0 Å². The lowest BCUT2D eigenvalue weighted by Gasteiger charge is -2.42. The van der Waals surface area contributed by atoms with Crippen molar-refractivity contribution in [2.45, 2.75) is 49.9 Å². The fourth-order valence-corrected chi connectivity index (χ4v) is 5.86. The Morgan fingerprint density at radius 1 is 1.20 bits per heavy atom. The molecule has 1 amide bonds. The standard InChI is InChI=1S/C25H39N3O2/c1-27(2)14-11-26-24(29)17-21-18-25(23-6-4-3-5-22(21)23)9-12-28(13-10-25)19-20-7-15-30-16-8-20/h3-6,20-21H,7-19H2,1-2H3,(H,26,29)/t21-/m1/s1. The Kier molecular flexibility index (Phi) is 7.12. The number of piperidine rings is 1. The summed E-state index contributed by atoms with van der Waals surface area (Å²) in [5.41, 5.74) is 3.23. The number of amides is 1. The molecule has 0 radical (unpaired) electrons. The number of hydrogen-bond acceptors (Lipinski definition) is 4. The lowest BCUT2D eigenvalue weighted by Crippen LogP contribution is -2.44. The zero-order valence-corrected chi connectivity index (χ0v) is 18.9. The van der Waals surface area contributed by atoms with Crippen LogP contribution in [0.4, 0.5) is 0 Å². The number of nitrogens with one attached hydrogen (secondary N) is 1. The van der Waals surface area contributed by atoms with Crippen molar-refractivity contribution < 1.29 is 9.53 Å². The van der Waals surface area contributed by atoms with Crippen molar-refractivity contribution in [3.8, 4) is 0 Å². The smallest absolute Gasteiger partial charge is 0.220 e. The number of benzene rings is 1. The number of likely N-dealkylation sites (N-methyl/N-ethyl adjacent to an activating group) is 1. The van der Waals surface area contributed by atoms with E-state index in [-0.39, 0.29) is 11.3 Å². The van der Waals surface area contributed by atoms with Crippen molar-refractivity contribution in [2.24, 2.45) is 5.92 Å². The van der Waals surface area contributed by atoms with Crippen molar-refractivity contribution in [1.82, 2.24) is 15.1 Å². The highest BCUT2D eigenvalue weighted by Crippen LogP contribution is 2.52. The van der Waals surface area contributed by atoms with Gasteiger partial charge in [0.15, 0.2) is 0 Å². The molecular formula is C25H39N3O2. The first kappa shape index (κ1) is 21.8. The van der Waals surface area contributed by atoms with Gasteiger partial charge in [-0.2, -0.15) is 0 Å². The molecule has 5 heteroatoms. The van der Waals surface area contributed by atoms with Crippen molar-refractivity contribution in [2.75, 3.05) is 60.0 Å². The molecule has 30 heavy (non-hydrogen) atoms. The Morgan fingerprint density at radius 3 is 2.67 bits per heavy atom. The van der Waals surface area contributed by atoms with Crippen molar-refractivity contribution in [3.63, 3.8) is 0 Å². The highest BCUT2D eigenvalue weighted by Gasteiger charge is 2.45. The largest absolute Gasteiger partial charge is 0.381 e. The van der Waals surface area contributed by atoms with Gasteiger partial charge in [-0.1, -0.05) is 24.3 Å². The van der Waals surface area contributed by atoms with Gasteiger partial charge in [0, 0.05) is 39.3 Å². The van der Waals surface area contributed by atoms with E-state index in [2.05, 4.69) is 39.4 Å². The van der Waals surface area contributed by atoms with E-state index in [9.17, 15) is 4.79 Å². The highest BCUT2D eigenvalue weighted by atomic mass is 16.5. The average molecular weight is 414 g/mol. The van der Waals surface area contributed by atoms with Gasteiger partial charge < -0.3 is 19.9 Å². The van der Waals surface area contributed by atoms with Gasteiger partial charge in [-0.3, -0.25) is 4.79 Å². The van der Waals surface area contributed by atoms with Crippen LogP contribution in [-0.4, -0.2) is 75.7 Å². The van der Waals surface area contributed by atoms with Gasteiger partial charge in [-0.15, -0.1) is 0 Å².